The van der Waals surface area contributed by atoms with Crippen molar-refractivity contribution in [2.45, 2.75) is 57.8 Å². The minimum absolute atomic E-state index is 0.0964. The van der Waals surface area contributed by atoms with Crippen molar-refractivity contribution in [3.05, 3.63) is 0 Å². The van der Waals surface area contributed by atoms with Crippen molar-refractivity contribution >= 4 is 0 Å². The predicted octanol–water partition coefficient (Wildman–Crippen LogP) is 1.87. The van der Waals surface area contributed by atoms with Crippen LogP contribution in [0.15, 0.2) is 0 Å². The minimum atomic E-state index is 0.0964. The lowest BCUT2D eigenvalue weighted by atomic mass is 10.1. The third kappa shape index (κ3) is 5.28. The van der Waals surface area contributed by atoms with Gasteiger partial charge in [0.25, 0.3) is 0 Å². The van der Waals surface area contributed by atoms with E-state index in [1.165, 1.54) is 19.3 Å². The molecule has 0 spiro atoms. The zero-order valence-corrected chi connectivity index (χ0v) is 11.5. The van der Waals surface area contributed by atoms with Gasteiger partial charge in [0.1, 0.15) is 0 Å². The monoisotopic (exact) mass is 228 g/mol. The second-order valence-corrected chi connectivity index (χ2v) is 5.94. The molecule has 1 saturated heterocycles. The molecule has 0 aromatic heterocycles. The van der Waals surface area contributed by atoms with Gasteiger partial charge in [-0.3, -0.25) is 0 Å². The van der Waals surface area contributed by atoms with Gasteiger partial charge in [-0.2, -0.15) is 0 Å². The summed E-state index contributed by atoms with van der Waals surface area (Å²) in [4.78, 5) is 2.23. The first-order valence-electron chi connectivity index (χ1n) is 6.45. The van der Waals surface area contributed by atoms with Crippen LogP contribution in [-0.4, -0.2) is 49.8 Å². The molecule has 3 heteroatoms. The van der Waals surface area contributed by atoms with Crippen LogP contribution in [0.2, 0.25) is 0 Å². The van der Waals surface area contributed by atoms with E-state index in [0.29, 0.717) is 12.1 Å². The highest BCUT2D eigenvalue weighted by molar-refractivity contribution is 4.82. The fourth-order valence-electron chi connectivity index (χ4n) is 2.11. The van der Waals surface area contributed by atoms with Gasteiger partial charge in [-0.15, -0.1) is 0 Å². The standard InChI is InChI=1S/C13H28N2O/c1-11(7-9-15(4)5)14-10-12-6-8-13(2,3)16-12/h11-12,14H,6-10H2,1-5H3. The molecule has 0 radical (unpaired) electrons. The van der Waals surface area contributed by atoms with Gasteiger partial charge in [0.05, 0.1) is 11.7 Å². The summed E-state index contributed by atoms with van der Waals surface area (Å²) < 4.78 is 5.95. The lowest BCUT2D eigenvalue weighted by Crippen LogP contribution is -2.36. The summed E-state index contributed by atoms with van der Waals surface area (Å²) in [5.41, 5.74) is 0.0964. The SMILES string of the molecule is CC(CCN(C)C)NCC1CCC(C)(C)O1. The van der Waals surface area contributed by atoms with E-state index in [4.69, 9.17) is 4.74 Å². The Bertz CT molecular complexity index is 204. The molecule has 2 atom stereocenters. The summed E-state index contributed by atoms with van der Waals surface area (Å²) in [6.07, 6.45) is 3.99. The van der Waals surface area contributed by atoms with Gasteiger partial charge in [0.15, 0.2) is 0 Å². The molecule has 1 aliphatic rings. The number of nitrogens with one attached hydrogen (secondary N) is 1. The van der Waals surface area contributed by atoms with Crippen LogP contribution in [0.1, 0.15) is 40.0 Å². The van der Waals surface area contributed by atoms with E-state index in [2.05, 4.69) is 45.1 Å². The Balaban J connectivity index is 2.11. The maximum atomic E-state index is 5.95. The van der Waals surface area contributed by atoms with E-state index >= 15 is 0 Å². The topological polar surface area (TPSA) is 24.5 Å². The molecule has 3 nitrogen and oxygen atoms in total. The van der Waals surface area contributed by atoms with Crippen molar-refractivity contribution in [2.24, 2.45) is 0 Å². The fourth-order valence-corrected chi connectivity index (χ4v) is 2.11. The molecule has 0 bridgehead atoms. The van der Waals surface area contributed by atoms with Gasteiger partial charge in [-0.05, 0) is 60.7 Å². The number of hydrogen-bond donors (Lipinski definition) is 1. The molecule has 16 heavy (non-hydrogen) atoms. The molecule has 0 aliphatic carbocycles. The van der Waals surface area contributed by atoms with Gasteiger partial charge in [-0.25, -0.2) is 0 Å². The van der Waals surface area contributed by atoms with Crippen LogP contribution in [0.5, 0.6) is 0 Å². The van der Waals surface area contributed by atoms with Crippen LogP contribution in [-0.2, 0) is 4.74 Å². The predicted molar refractivity (Wildman–Crippen MR) is 68.8 cm³/mol. The number of hydrogen-bond acceptors (Lipinski definition) is 3. The molecule has 2 unspecified atom stereocenters. The summed E-state index contributed by atoms with van der Waals surface area (Å²) in [5.74, 6) is 0. The van der Waals surface area contributed by atoms with Gasteiger partial charge < -0.3 is 15.0 Å². The van der Waals surface area contributed by atoms with Gasteiger partial charge in [0.2, 0.25) is 0 Å². The van der Waals surface area contributed by atoms with E-state index in [1.807, 2.05) is 0 Å². The zero-order chi connectivity index (χ0) is 12.2. The summed E-state index contributed by atoms with van der Waals surface area (Å²) in [7, 11) is 4.24. The van der Waals surface area contributed by atoms with Crippen LogP contribution in [0.4, 0.5) is 0 Å². The quantitative estimate of drug-likeness (QED) is 0.751. The van der Waals surface area contributed by atoms with Crippen molar-refractivity contribution in [2.75, 3.05) is 27.2 Å². The molecule has 0 aromatic rings. The summed E-state index contributed by atoms with van der Waals surface area (Å²) in [6.45, 7) is 8.76. The second-order valence-electron chi connectivity index (χ2n) is 5.94. The molecule has 1 N–H and O–H groups in total. The van der Waals surface area contributed by atoms with Crippen molar-refractivity contribution < 1.29 is 4.74 Å². The van der Waals surface area contributed by atoms with Gasteiger partial charge >= 0.3 is 0 Å². The maximum Gasteiger partial charge on any atom is 0.0707 e. The van der Waals surface area contributed by atoms with Crippen LogP contribution >= 0.6 is 0 Å². The summed E-state index contributed by atoms with van der Waals surface area (Å²) in [5, 5.41) is 3.57. The van der Waals surface area contributed by atoms with Crippen molar-refractivity contribution in [3.63, 3.8) is 0 Å². The molecule has 1 aliphatic heterocycles. The van der Waals surface area contributed by atoms with Crippen molar-refractivity contribution in [3.8, 4) is 0 Å². The van der Waals surface area contributed by atoms with E-state index in [1.54, 1.807) is 0 Å². The van der Waals surface area contributed by atoms with E-state index < -0.39 is 0 Å². The normalized spacial score (nSPS) is 26.2. The smallest absolute Gasteiger partial charge is 0.0707 e. The Kier molecular flexibility index (Phi) is 5.22. The summed E-state index contributed by atoms with van der Waals surface area (Å²) in [6, 6.07) is 0.578. The van der Waals surface area contributed by atoms with Crippen LogP contribution < -0.4 is 5.32 Å². The Hall–Kier alpha value is -0.120. The van der Waals surface area contributed by atoms with Crippen LogP contribution in [0, 0.1) is 0 Å². The number of rotatable bonds is 6. The number of nitrogens with zero attached hydrogens (tertiary/aromatic N) is 1. The lowest BCUT2D eigenvalue weighted by Gasteiger charge is -2.22. The average molecular weight is 228 g/mol. The first kappa shape index (κ1) is 13.9. The van der Waals surface area contributed by atoms with Gasteiger partial charge in [0, 0.05) is 12.6 Å². The highest BCUT2D eigenvalue weighted by atomic mass is 16.5. The average Bonchev–Trinajstić information content (AvgIpc) is 2.52. The second kappa shape index (κ2) is 5.99. The highest BCUT2D eigenvalue weighted by Gasteiger charge is 2.31. The molecule has 0 aromatic carbocycles. The Morgan fingerprint density at radius 1 is 1.44 bits per heavy atom. The Morgan fingerprint density at radius 3 is 2.62 bits per heavy atom. The third-order valence-corrected chi connectivity index (χ3v) is 3.26. The lowest BCUT2D eigenvalue weighted by molar-refractivity contribution is -0.0151. The molecule has 1 fully saturated rings. The third-order valence-electron chi connectivity index (χ3n) is 3.26. The summed E-state index contributed by atoms with van der Waals surface area (Å²) >= 11 is 0. The Morgan fingerprint density at radius 2 is 2.12 bits per heavy atom. The molecule has 0 amide bonds. The zero-order valence-electron chi connectivity index (χ0n) is 11.5. The number of ether oxygens (including phenoxy) is 1. The van der Waals surface area contributed by atoms with E-state index in [0.717, 1.165) is 13.1 Å². The van der Waals surface area contributed by atoms with Crippen LogP contribution in [0.25, 0.3) is 0 Å². The van der Waals surface area contributed by atoms with E-state index in [-0.39, 0.29) is 5.60 Å². The molecular formula is C13H28N2O. The minimum Gasteiger partial charge on any atom is -0.371 e. The molecule has 0 saturated carbocycles. The first-order chi connectivity index (χ1) is 7.39. The molecular weight excluding hydrogens is 200 g/mol. The Labute approximate surface area is 101 Å². The molecule has 96 valence electrons. The van der Waals surface area contributed by atoms with Crippen molar-refractivity contribution in [1.82, 2.24) is 10.2 Å². The molecule has 1 rings (SSSR count). The fraction of sp³-hybridized carbons (Fsp3) is 1.00. The van der Waals surface area contributed by atoms with E-state index in [9.17, 15) is 0 Å². The molecule has 1 heterocycles. The van der Waals surface area contributed by atoms with Crippen LogP contribution in [0.3, 0.4) is 0 Å². The maximum absolute atomic E-state index is 5.95. The highest BCUT2D eigenvalue weighted by Crippen LogP contribution is 2.28. The van der Waals surface area contributed by atoms with Crippen molar-refractivity contribution in [1.29, 1.82) is 0 Å². The first-order valence-corrected chi connectivity index (χ1v) is 6.45. The van der Waals surface area contributed by atoms with Gasteiger partial charge in [-0.1, -0.05) is 0 Å². The largest absolute Gasteiger partial charge is 0.371 e.